The molecule has 1 aromatic rings. The number of nitrogens with two attached hydrogens (primary N) is 1. The first kappa shape index (κ1) is 15.4. The van der Waals surface area contributed by atoms with Crippen molar-refractivity contribution in [2.24, 2.45) is 5.14 Å². The Morgan fingerprint density at radius 2 is 2.00 bits per heavy atom. The standard InChI is InChI=1S/C12H18N2O4S2/c13-20(17,18)8-3-7-14-11-6-9-19(15,16)12-5-2-1-4-10(11)12/h1-2,4-5,11,14H,3,6-9H2,(H2,13,17,18). The number of sulfone groups is 1. The average Bonchev–Trinajstić information content (AvgIpc) is 2.36. The highest BCUT2D eigenvalue weighted by Gasteiger charge is 2.29. The minimum absolute atomic E-state index is 0.0600. The molecule has 0 saturated carbocycles. The topological polar surface area (TPSA) is 106 Å². The van der Waals surface area contributed by atoms with Gasteiger partial charge < -0.3 is 5.32 Å². The predicted molar refractivity (Wildman–Crippen MR) is 76.4 cm³/mol. The number of benzene rings is 1. The van der Waals surface area contributed by atoms with Crippen LogP contribution in [-0.4, -0.2) is 34.9 Å². The Hall–Kier alpha value is -0.960. The van der Waals surface area contributed by atoms with Crippen molar-refractivity contribution >= 4 is 19.9 Å². The van der Waals surface area contributed by atoms with Crippen LogP contribution < -0.4 is 10.5 Å². The van der Waals surface area contributed by atoms with Gasteiger partial charge >= 0.3 is 0 Å². The average molecular weight is 318 g/mol. The molecule has 1 atom stereocenters. The van der Waals surface area contributed by atoms with Gasteiger partial charge in [0.25, 0.3) is 0 Å². The van der Waals surface area contributed by atoms with Gasteiger partial charge in [0, 0.05) is 6.04 Å². The molecule has 3 N–H and O–H groups in total. The van der Waals surface area contributed by atoms with Gasteiger partial charge in [0.1, 0.15) is 0 Å². The largest absolute Gasteiger partial charge is 0.310 e. The fourth-order valence-electron chi connectivity index (χ4n) is 2.35. The van der Waals surface area contributed by atoms with Crippen LogP contribution in [0.25, 0.3) is 0 Å². The molecule has 8 heteroatoms. The van der Waals surface area contributed by atoms with Crippen molar-refractivity contribution in [3.63, 3.8) is 0 Å². The Kier molecular flexibility index (Phi) is 4.48. The number of sulfonamides is 1. The van der Waals surface area contributed by atoms with E-state index in [9.17, 15) is 16.8 Å². The Morgan fingerprint density at radius 1 is 1.30 bits per heavy atom. The summed E-state index contributed by atoms with van der Waals surface area (Å²) in [5.74, 6) is 0.0313. The number of hydrogen-bond acceptors (Lipinski definition) is 5. The molecule has 0 fully saturated rings. The molecule has 2 rings (SSSR count). The second-order valence-corrected chi connectivity index (χ2v) is 8.68. The maximum absolute atomic E-state index is 12.0. The molecule has 0 spiro atoms. The van der Waals surface area contributed by atoms with Gasteiger partial charge in [-0.3, -0.25) is 0 Å². The number of fused-ring (bicyclic) bond motifs is 1. The Morgan fingerprint density at radius 3 is 2.70 bits per heavy atom. The van der Waals surface area contributed by atoms with Crippen LogP contribution in [0.4, 0.5) is 0 Å². The van der Waals surface area contributed by atoms with Gasteiger partial charge in [-0.25, -0.2) is 22.0 Å². The molecule has 1 aliphatic rings. The van der Waals surface area contributed by atoms with Gasteiger partial charge in [0.2, 0.25) is 10.0 Å². The third kappa shape index (κ3) is 3.78. The molecule has 112 valence electrons. The summed E-state index contributed by atoms with van der Waals surface area (Å²) in [5.41, 5.74) is 0.759. The third-order valence-corrected chi connectivity index (χ3v) is 5.97. The SMILES string of the molecule is NS(=O)(=O)CCCNC1CCS(=O)(=O)c2ccccc21. The highest BCUT2D eigenvalue weighted by Crippen LogP contribution is 2.31. The predicted octanol–water partition coefficient (Wildman–Crippen LogP) is 0.173. The minimum atomic E-state index is -3.44. The molecule has 0 saturated heterocycles. The highest BCUT2D eigenvalue weighted by atomic mass is 32.2. The van der Waals surface area contributed by atoms with Crippen LogP contribution in [0.2, 0.25) is 0 Å². The van der Waals surface area contributed by atoms with Crippen LogP contribution >= 0.6 is 0 Å². The fourth-order valence-corrected chi connectivity index (χ4v) is 4.52. The van der Waals surface area contributed by atoms with E-state index in [4.69, 9.17) is 5.14 Å². The molecule has 1 aliphatic heterocycles. The van der Waals surface area contributed by atoms with Crippen molar-refractivity contribution in [1.82, 2.24) is 5.32 Å². The van der Waals surface area contributed by atoms with Gasteiger partial charge in [0.05, 0.1) is 16.4 Å². The number of nitrogens with one attached hydrogen (secondary N) is 1. The van der Waals surface area contributed by atoms with Gasteiger partial charge in [-0.15, -0.1) is 0 Å². The molecule has 1 unspecified atom stereocenters. The van der Waals surface area contributed by atoms with E-state index in [1.165, 1.54) is 0 Å². The molecule has 0 aliphatic carbocycles. The summed E-state index contributed by atoms with van der Waals surface area (Å²) in [6.07, 6.45) is 0.902. The molecule has 0 amide bonds. The summed E-state index contributed by atoms with van der Waals surface area (Å²) < 4.78 is 45.6. The normalized spacial score (nSPS) is 21.4. The maximum Gasteiger partial charge on any atom is 0.209 e. The van der Waals surface area contributed by atoms with E-state index >= 15 is 0 Å². The van der Waals surface area contributed by atoms with Gasteiger partial charge in [-0.1, -0.05) is 18.2 Å². The lowest BCUT2D eigenvalue weighted by molar-refractivity contribution is 0.491. The van der Waals surface area contributed by atoms with Crippen molar-refractivity contribution in [3.8, 4) is 0 Å². The maximum atomic E-state index is 12.0. The van der Waals surface area contributed by atoms with E-state index < -0.39 is 19.9 Å². The molecular weight excluding hydrogens is 300 g/mol. The fraction of sp³-hybridized carbons (Fsp3) is 0.500. The number of primary sulfonamides is 1. The molecule has 1 heterocycles. The summed E-state index contributed by atoms with van der Waals surface area (Å²) in [4.78, 5) is 0.371. The van der Waals surface area contributed by atoms with Gasteiger partial charge in [-0.2, -0.15) is 0 Å². The Bertz CT molecular complexity index is 683. The quantitative estimate of drug-likeness (QED) is 0.753. The van der Waals surface area contributed by atoms with Crippen molar-refractivity contribution in [2.75, 3.05) is 18.1 Å². The first-order valence-electron chi connectivity index (χ1n) is 6.35. The van der Waals surface area contributed by atoms with Crippen LogP contribution in [0, 0.1) is 0 Å². The third-order valence-electron chi connectivity index (χ3n) is 3.30. The van der Waals surface area contributed by atoms with Crippen LogP contribution in [0.1, 0.15) is 24.4 Å². The van der Waals surface area contributed by atoms with Crippen LogP contribution in [0.3, 0.4) is 0 Å². The lowest BCUT2D eigenvalue weighted by Crippen LogP contribution is -2.31. The van der Waals surface area contributed by atoms with Gasteiger partial charge in [-0.05, 0) is 31.0 Å². The van der Waals surface area contributed by atoms with Crippen LogP contribution in [-0.2, 0) is 19.9 Å². The summed E-state index contributed by atoms with van der Waals surface area (Å²) in [6.45, 7) is 0.482. The summed E-state index contributed by atoms with van der Waals surface area (Å²) in [5, 5.41) is 8.14. The van der Waals surface area contributed by atoms with Crippen LogP contribution in [0.5, 0.6) is 0 Å². The zero-order valence-corrected chi connectivity index (χ0v) is 12.6. The monoisotopic (exact) mass is 318 g/mol. The first-order chi connectivity index (χ1) is 9.30. The summed E-state index contributed by atoms with van der Waals surface area (Å²) in [7, 11) is -6.63. The van der Waals surface area contributed by atoms with E-state index in [0.29, 0.717) is 24.3 Å². The van der Waals surface area contributed by atoms with Crippen molar-refractivity contribution in [1.29, 1.82) is 0 Å². The van der Waals surface area contributed by atoms with Crippen molar-refractivity contribution in [2.45, 2.75) is 23.8 Å². The van der Waals surface area contributed by atoms with E-state index in [0.717, 1.165) is 5.56 Å². The minimum Gasteiger partial charge on any atom is -0.310 e. The second-order valence-electron chi connectivity index (χ2n) is 4.87. The molecule has 20 heavy (non-hydrogen) atoms. The number of hydrogen-bond donors (Lipinski definition) is 2. The molecule has 0 bridgehead atoms. The van der Waals surface area contributed by atoms with E-state index in [-0.39, 0.29) is 17.5 Å². The van der Waals surface area contributed by atoms with E-state index in [1.807, 2.05) is 0 Å². The smallest absolute Gasteiger partial charge is 0.209 e. The van der Waals surface area contributed by atoms with E-state index in [1.54, 1.807) is 24.3 Å². The Balaban J connectivity index is 2.04. The zero-order chi connectivity index (χ0) is 14.8. The molecule has 0 radical (unpaired) electrons. The molecule has 6 nitrogen and oxygen atoms in total. The summed E-state index contributed by atoms with van der Waals surface area (Å²) >= 11 is 0. The van der Waals surface area contributed by atoms with E-state index in [2.05, 4.69) is 5.32 Å². The van der Waals surface area contributed by atoms with Crippen LogP contribution in [0.15, 0.2) is 29.2 Å². The second kappa shape index (κ2) is 5.80. The molecule has 1 aromatic carbocycles. The van der Waals surface area contributed by atoms with Gasteiger partial charge in [0.15, 0.2) is 9.84 Å². The zero-order valence-electron chi connectivity index (χ0n) is 10.9. The lowest BCUT2D eigenvalue weighted by atomic mass is 10.0. The van der Waals surface area contributed by atoms with Crippen molar-refractivity contribution in [3.05, 3.63) is 29.8 Å². The number of rotatable bonds is 5. The lowest BCUT2D eigenvalue weighted by Gasteiger charge is -2.26. The first-order valence-corrected chi connectivity index (χ1v) is 9.72. The molecular formula is C12H18N2O4S2. The Labute approximate surface area is 119 Å². The van der Waals surface area contributed by atoms with Crippen molar-refractivity contribution < 1.29 is 16.8 Å². The highest BCUT2D eigenvalue weighted by molar-refractivity contribution is 7.91. The summed E-state index contributed by atoms with van der Waals surface area (Å²) in [6, 6.07) is 6.86. The molecule has 0 aromatic heterocycles.